The molecule has 0 bridgehead atoms. The van der Waals surface area contributed by atoms with Gasteiger partial charge in [0.2, 0.25) is 12.7 Å². The third kappa shape index (κ3) is 4.71. The van der Waals surface area contributed by atoms with Crippen molar-refractivity contribution in [2.75, 3.05) is 17.9 Å². The standard InChI is InChI=1S/C20H19N5O4S/c1-25-17(9-13-5-3-2-4-6-13)23-24-20(25)30-11-18(26)22-19(27)21-14-7-8-15-16(10-14)29-12-28-15/h2-8,10H,9,11-12H2,1H3,(H2,21,22,26,27). The predicted molar refractivity (Wildman–Crippen MR) is 111 cm³/mol. The highest BCUT2D eigenvalue weighted by Gasteiger charge is 2.16. The zero-order valence-corrected chi connectivity index (χ0v) is 16.9. The van der Waals surface area contributed by atoms with Gasteiger partial charge in [0, 0.05) is 25.2 Å². The number of thioether (sulfide) groups is 1. The van der Waals surface area contributed by atoms with Gasteiger partial charge in [0.1, 0.15) is 5.82 Å². The first-order chi connectivity index (χ1) is 14.6. The summed E-state index contributed by atoms with van der Waals surface area (Å²) in [7, 11) is 1.85. The molecule has 154 valence electrons. The third-order valence-corrected chi connectivity index (χ3v) is 5.37. The number of nitrogens with one attached hydrogen (secondary N) is 2. The number of amides is 3. The molecule has 1 aliphatic heterocycles. The second-order valence-electron chi connectivity index (χ2n) is 6.48. The van der Waals surface area contributed by atoms with Crippen molar-refractivity contribution in [3.05, 3.63) is 59.9 Å². The molecule has 2 aromatic carbocycles. The molecule has 1 aliphatic rings. The molecule has 0 unspecified atom stereocenters. The van der Waals surface area contributed by atoms with Gasteiger partial charge in [-0.1, -0.05) is 42.1 Å². The molecule has 2 heterocycles. The van der Waals surface area contributed by atoms with Crippen molar-refractivity contribution in [3.8, 4) is 11.5 Å². The maximum Gasteiger partial charge on any atom is 0.325 e. The van der Waals surface area contributed by atoms with Crippen molar-refractivity contribution in [1.82, 2.24) is 20.1 Å². The monoisotopic (exact) mass is 425 g/mol. The maximum absolute atomic E-state index is 12.1. The Bertz CT molecular complexity index is 1070. The van der Waals surface area contributed by atoms with Crippen molar-refractivity contribution in [1.29, 1.82) is 0 Å². The van der Waals surface area contributed by atoms with Gasteiger partial charge >= 0.3 is 6.03 Å². The number of benzene rings is 2. The normalized spacial score (nSPS) is 11.9. The Labute approximate surface area is 176 Å². The number of urea groups is 1. The molecule has 30 heavy (non-hydrogen) atoms. The van der Waals surface area contributed by atoms with Crippen LogP contribution in [0.1, 0.15) is 11.4 Å². The molecule has 2 N–H and O–H groups in total. The summed E-state index contributed by atoms with van der Waals surface area (Å²) in [5.74, 6) is 1.55. The molecule has 0 saturated carbocycles. The second kappa shape index (κ2) is 8.87. The number of hydrogen-bond acceptors (Lipinski definition) is 7. The van der Waals surface area contributed by atoms with E-state index in [9.17, 15) is 9.59 Å². The summed E-state index contributed by atoms with van der Waals surface area (Å²) in [6.07, 6.45) is 0.648. The van der Waals surface area contributed by atoms with Crippen LogP contribution < -0.4 is 20.1 Å². The summed E-state index contributed by atoms with van der Waals surface area (Å²) >= 11 is 1.21. The Balaban J connectivity index is 1.27. The average molecular weight is 425 g/mol. The summed E-state index contributed by atoms with van der Waals surface area (Å²) in [5, 5.41) is 13.8. The summed E-state index contributed by atoms with van der Waals surface area (Å²) in [6.45, 7) is 0.149. The number of imide groups is 1. The van der Waals surface area contributed by atoms with Crippen LogP contribution >= 0.6 is 11.8 Å². The van der Waals surface area contributed by atoms with Crippen LogP contribution in [0.5, 0.6) is 11.5 Å². The van der Waals surface area contributed by atoms with E-state index in [1.54, 1.807) is 18.2 Å². The van der Waals surface area contributed by atoms with Gasteiger partial charge in [0.05, 0.1) is 5.75 Å². The number of carbonyl (C=O) groups is 2. The fraction of sp³-hybridized carbons (Fsp3) is 0.200. The Hall–Kier alpha value is -3.53. The Morgan fingerprint density at radius 1 is 1.10 bits per heavy atom. The Morgan fingerprint density at radius 2 is 1.90 bits per heavy atom. The average Bonchev–Trinajstić information content (AvgIpc) is 3.34. The number of rotatable bonds is 6. The van der Waals surface area contributed by atoms with E-state index >= 15 is 0 Å². The van der Waals surface area contributed by atoms with Crippen molar-refractivity contribution < 1.29 is 19.1 Å². The van der Waals surface area contributed by atoms with E-state index in [0.717, 1.165) is 11.4 Å². The molecule has 1 aromatic heterocycles. The van der Waals surface area contributed by atoms with Gasteiger partial charge in [0.25, 0.3) is 0 Å². The molecule has 0 radical (unpaired) electrons. The first-order valence-electron chi connectivity index (χ1n) is 9.14. The molecule has 3 amide bonds. The second-order valence-corrected chi connectivity index (χ2v) is 7.42. The van der Waals surface area contributed by atoms with Gasteiger partial charge < -0.3 is 19.4 Å². The lowest BCUT2D eigenvalue weighted by atomic mass is 10.1. The highest BCUT2D eigenvalue weighted by molar-refractivity contribution is 7.99. The highest BCUT2D eigenvalue weighted by Crippen LogP contribution is 2.34. The van der Waals surface area contributed by atoms with Gasteiger partial charge in [0.15, 0.2) is 16.7 Å². The lowest BCUT2D eigenvalue weighted by Gasteiger charge is -2.07. The minimum Gasteiger partial charge on any atom is -0.454 e. The van der Waals surface area contributed by atoms with E-state index in [0.29, 0.717) is 28.8 Å². The van der Waals surface area contributed by atoms with Crippen molar-refractivity contribution in [2.45, 2.75) is 11.6 Å². The number of anilines is 1. The molecule has 0 saturated heterocycles. The lowest BCUT2D eigenvalue weighted by molar-refractivity contribution is -0.117. The lowest BCUT2D eigenvalue weighted by Crippen LogP contribution is -2.35. The fourth-order valence-corrected chi connectivity index (χ4v) is 3.56. The molecule has 4 rings (SSSR count). The molecule has 0 fully saturated rings. The maximum atomic E-state index is 12.1. The summed E-state index contributed by atoms with van der Waals surface area (Å²) in [6, 6.07) is 14.3. The zero-order valence-electron chi connectivity index (χ0n) is 16.1. The minimum atomic E-state index is -0.623. The number of fused-ring (bicyclic) bond motifs is 1. The van der Waals surface area contributed by atoms with Crippen LogP contribution in [0.3, 0.4) is 0 Å². The van der Waals surface area contributed by atoms with E-state index in [2.05, 4.69) is 20.8 Å². The molecule has 10 heteroatoms. The van der Waals surface area contributed by atoms with Crippen molar-refractivity contribution >= 4 is 29.4 Å². The van der Waals surface area contributed by atoms with Gasteiger partial charge in [-0.05, 0) is 17.7 Å². The van der Waals surface area contributed by atoms with Crippen LogP contribution in [0.2, 0.25) is 0 Å². The SMILES string of the molecule is Cn1c(Cc2ccccc2)nnc1SCC(=O)NC(=O)Nc1ccc2c(c1)OCO2. The quantitative estimate of drug-likeness (QED) is 0.585. The minimum absolute atomic E-state index is 0.0336. The zero-order chi connectivity index (χ0) is 20.9. The van der Waals surface area contributed by atoms with E-state index < -0.39 is 11.9 Å². The number of nitrogens with zero attached hydrogens (tertiary/aromatic N) is 3. The molecule has 0 spiro atoms. The number of aromatic nitrogens is 3. The first kappa shape index (κ1) is 19.8. The largest absolute Gasteiger partial charge is 0.454 e. The topological polar surface area (TPSA) is 107 Å². The smallest absolute Gasteiger partial charge is 0.325 e. The van der Waals surface area contributed by atoms with Crippen LogP contribution in [-0.2, 0) is 18.3 Å². The summed E-state index contributed by atoms with van der Waals surface area (Å²) in [5.41, 5.74) is 1.62. The van der Waals surface area contributed by atoms with Crippen LogP contribution in [0.25, 0.3) is 0 Å². The summed E-state index contributed by atoms with van der Waals surface area (Å²) in [4.78, 5) is 24.2. The molecule has 0 aliphatic carbocycles. The Kier molecular flexibility index (Phi) is 5.84. The molecule has 9 nitrogen and oxygen atoms in total. The summed E-state index contributed by atoms with van der Waals surface area (Å²) < 4.78 is 12.3. The molecule has 3 aromatic rings. The predicted octanol–water partition coefficient (Wildman–Crippen LogP) is 2.58. The number of carbonyl (C=O) groups excluding carboxylic acids is 2. The van der Waals surface area contributed by atoms with Crippen LogP contribution in [-0.4, -0.2) is 39.2 Å². The highest BCUT2D eigenvalue weighted by atomic mass is 32.2. The van der Waals surface area contributed by atoms with E-state index in [1.165, 1.54) is 11.8 Å². The van der Waals surface area contributed by atoms with Crippen LogP contribution in [0.4, 0.5) is 10.5 Å². The van der Waals surface area contributed by atoms with E-state index in [-0.39, 0.29) is 12.5 Å². The number of hydrogen-bond donors (Lipinski definition) is 2. The molecule has 0 atom stereocenters. The third-order valence-electron chi connectivity index (χ3n) is 4.35. The van der Waals surface area contributed by atoms with Gasteiger partial charge in [-0.2, -0.15) is 0 Å². The number of ether oxygens (including phenoxy) is 2. The fourth-order valence-electron chi connectivity index (χ4n) is 2.83. The van der Waals surface area contributed by atoms with Crippen molar-refractivity contribution in [2.24, 2.45) is 7.05 Å². The van der Waals surface area contributed by atoms with E-state index in [4.69, 9.17) is 9.47 Å². The van der Waals surface area contributed by atoms with Gasteiger partial charge in [-0.25, -0.2) is 4.79 Å². The van der Waals surface area contributed by atoms with Crippen LogP contribution in [0.15, 0.2) is 53.7 Å². The van der Waals surface area contributed by atoms with Gasteiger partial charge in [-0.15, -0.1) is 10.2 Å². The van der Waals surface area contributed by atoms with Crippen molar-refractivity contribution in [3.63, 3.8) is 0 Å². The van der Waals surface area contributed by atoms with Gasteiger partial charge in [-0.3, -0.25) is 10.1 Å². The van der Waals surface area contributed by atoms with E-state index in [1.807, 2.05) is 41.9 Å². The molecular weight excluding hydrogens is 406 g/mol. The first-order valence-corrected chi connectivity index (χ1v) is 10.1. The Morgan fingerprint density at radius 3 is 2.73 bits per heavy atom. The molecular formula is C20H19N5O4S. The van der Waals surface area contributed by atoms with Crippen LogP contribution in [0, 0.1) is 0 Å².